The molecule has 0 amide bonds. The molecule has 0 unspecified atom stereocenters. The van der Waals surface area contributed by atoms with Crippen molar-refractivity contribution in [1.82, 2.24) is 0 Å². The third kappa shape index (κ3) is 4.24. The maximum atomic E-state index is 12.7. The molecule has 13 heteroatoms. The van der Waals surface area contributed by atoms with E-state index in [1.807, 2.05) is 0 Å². The molecule has 22 heavy (non-hydrogen) atoms. The second-order valence-electron chi connectivity index (χ2n) is 4.36. The summed E-state index contributed by atoms with van der Waals surface area (Å²) in [5.74, 6) is 0. The van der Waals surface area contributed by atoms with Gasteiger partial charge in [-0.1, -0.05) is 47.8 Å². The van der Waals surface area contributed by atoms with E-state index in [1.54, 1.807) is 0 Å². The number of rotatable bonds is 6. The molecule has 134 valence electrons. The van der Waals surface area contributed by atoms with Gasteiger partial charge in [-0.05, 0) is 0 Å². The molecule has 0 aromatic rings. The first kappa shape index (κ1) is 22.8. The van der Waals surface area contributed by atoms with Crippen LogP contribution in [0, 0.1) is 5.41 Å². The molecular formula is C9H8Br3F9O. The minimum Gasteiger partial charge on any atom is -0.350 e. The predicted molar refractivity (Wildman–Crippen MR) is 70.7 cm³/mol. The molecule has 0 radical (unpaired) electrons. The van der Waals surface area contributed by atoms with Crippen LogP contribution in [-0.4, -0.2) is 46.7 Å². The Bertz CT molecular complexity index is 315. The van der Waals surface area contributed by atoms with Crippen LogP contribution in [0.2, 0.25) is 0 Å². The third-order valence-corrected chi connectivity index (χ3v) is 6.21. The quantitative estimate of drug-likeness (QED) is 0.314. The highest BCUT2D eigenvalue weighted by atomic mass is 79.9. The molecule has 0 aromatic heterocycles. The van der Waals surface area contributed by atoms with Crippen molar-refractivity contribution in [2.45, 2.75) is 24.1 Å². The number of alkyl halides is 12. The van der Waals surface area contributed by atoms with E-state index in [2.05, 4.69) is 52.5 Å². The molecule has 0 bridgehead atoms. The molecule has 0 rings (SSSR count). The Morgan fingerprint density at radius 1 is 0.591 bits per heavy atom. The van der Waals surface area contributed by atoms with Crippen molar-refractivity contribution in [3.63, 3.8) is 0 Å². The first-order chi connectivity index (χ1) is 9.64. The summed E-state index contributed by atoms with van der Waals surface area (Å²) in [6.07, 6.45) is -20.2. The van der Waals surface area contributed by atoms with Gasteiger partial charge in [-0.3, -0.25) is 0 Å². The Labute approximate surface area is 144 Å². The highest BCUT2D eigenvalue weighted by Gasteiger charge is 2.85. The zero-order valence-corrected chi connectivity index (χ0v) is 15.0. The van der Waals surface area contributed by atoms with E-state index in [4.69, 9.17) is 0 Å². The van der Waals surface area contributed by atoms with Crippen LogP contribution in [0.3, 0.4) is 0 Å². The standard InChI is InChI=1S/C9H8Br3F9O/c10-1-5(2-11,3-12)4-22-6(7(13,14)15,8(16,17)18)9(19,20)21/h1-4H2. The Balaban J connectivity index is 5.93. The fourth-order valence-electron chi connectivity index (χ4n) is 1.21. The minimum atomic E-state index is -6.72. The minimum absolute atomic E-state index is 0.194. The van der Waals surface area contributed by atoms with Crippen LogP contribution in [0.15, 0.2) is 0 Å². The van der Waals surface area contributed by atoms with Crippen LogP contribution < -0.4 is 0 Å². The van der Waals surface area contributed by atoms with Gasteiger partial charge in [-0.15, -0.1) is 0 Å². The van der Waals surface area contributed by atoms with Crippen LogP contribution in [-0.2, 0) is 4.74 Å². The van der Waals surface area contributed by atoms with Gasteiger partial charge >= 0.3 is 24.1 Å². The van der Waals surface area contributed by atoms with Crippen molar-refractivity contribution in [3.05, 3.63) is 0 Å². The Morgan fingerprint density at radius 2 is 0.864 bits per heavy atom. The van der Waals surface area contributed by atoms with E-state index in [0.29, 0.717) is 0 Å². The summed E-state index contributed by atoms with van der Waals surface area (Å²) in [6, 6.07) is 0. The van der Waals surface area contributed by atoms with Crippen LogP contribution in [0.5, 0.6) is 0 Å². The Kier molecular flexibility index (Phi) is 7.60. The van der Waals surface area contributed by atoms with Crippen LogP contribution >= 0.6 is 47.8 Å². The molecule has 0 heterocycles. The summed E-state index contributed by atoms with van der Waals surface area (Å²) in [7, 11) is 0. The van der Waals surface area contributed by atoms with Crippen LogP contribution in [0.25, 0.3) is 0 Å². The number of hydrogen-bond acceptors (Lipinski definition) is 1. The maximum Gasteiger partial charge on any atom is 0.435 e. The smallest absolute Gasteiger partial charge is 0.350 e. The van der Waals surface area contributed by atoms with Gasteiger partial charge in [0, 0.05) is 21.4 Å². The molecule has 1 nitrogen and oxygen atoms in total. The molecule has 0 aliphatic carbocycles. The molecule has 0 aliphatic heterocycles. The van der Waals surface area contributed by atoms with Gasteiger partial charge in [0.15, 0.2) is 0 Å². The van der Waals surface area contributed by atoms with Gasteiger partial charge in [0.1, 0.15) is 0 Å². The molecule has 0 N–H and O–H groups in total. The largest absolute Gasteiger partial charge is 0.435 e. The summed E-state index contributed by atoms with van der Waals surface area (Å²) in [5.41, 5.74) is -7.68. The molecule has 0 atom stereocenters. The van der Waals surface area contributed by atoms with Crippen LogP contribution in [0.4, 0.5) is 39.5 Å². The zero-order chi connectivity index (χ0) is 18.0. The maximum absolute atomic E-state index is 12.7. The predicted octanol–water partition coefficient (Wildman–Crippen LogP) is 5.60. The normalized spacial score (nSPS) is 15.3. The fourth-order valence-corrected chi connectivity index (χ4v) is 4.48. The van der Waals surface area contributed by atoms with Crippen LogP contribution in [0.1, 0.15) is 0 Å². The fraction of sp³-hybridized carbons (Fsp3) is 1.00. The lowest BCUT2D eigenvalue weighted by molar-refractivity contribution is -0.459. The Hall–Kier alpha value is 0.770. The topological polar surface area (TPSA) is 9.23 Å². The van der Waals surface area contributed by atoms with Crippen molar-refractivity contribution in [2.75, 3.05) is 22.6 Å². The lowest BCUT2D eigenvalue weighted by atomic mass is 9.96. The average Bonchev–Trinajstić information content (AvgIpc) is 2.30. The van der Waals surface area contributed by atoms with Gasteiger partial charge in [0.25, 0.3) is 0 Å². The number of halogens is 12. The summed E-state index contributed by atoms with van der Waals surface area (Å²) in [5, 5.41) is -0.583. The Morgan fingerprint density at radius 3 is 1.05 bits per heavy atom. The second-order valence-corrected chi connectivity index (χ2v) is 6.05. The molecule has 0 aliphatic rings. The third-order valence-electron chi connectivity index (χ3n) is 2.64. The van der Waals surface area contributed by atoms with Gasteiger partial charge < -0.3 is 4.74 Å². The summed E-state index contributed by atoms with van der Waals surface area (Å²) in [6.45, 7) is -1.44. The SMILES string of the molecule is FC(F)(F)C(OCC(CBr)(CBr)CBr)(C(F)(F)F)C(F)(F)F. The average molecular weight is 543 g/mol. The van der Waals surface area contributed by atoms with E-state index in [0.717, 1.165) is 0 Å². The highest BCUT2D eigenvalue weighted by Crippen LogP contribution is 2.55. The van der Waals surface area contributed by atoms with Crippen molar-refractivity contribution >= 4 is 47.8 Å². The van der Waals surface area contributed by atoms with E-state index < -0.39 is 36.2 Å². The summed E-state index contributed by atoms with van der Waals surface area (Å²) >= 11 is 8.49. The highest BCUT2D eigenvalue weighted by molar-refractivity contribution is 9.10. The zero-order valence-electron chi connectivity index (χ0n) is 10.3. The van der Waals surface area contributed by atoms with Gasteiger partial charge in [-0.2, -0.15) is 39.5 Å². The lowest BCUT2D eigenvalue weighted by Gasteiger charge is -2.40. The van der Waals surface area contributed by atoms with E-state index in [-0.39, 0.29) is 16.0 Å². The van der Waals surface area contributed by atoms with E-state index in [9.17, 15) is 39.5 Å². The van der Waals surface area contributed by atoms with E-state index in [1.165, 1.54) is 0 Å². The molecule has 0 aromatic carbocycles. The van der Waals surface area contributed by atoms with Crippen molar-refractivity contribution in [1.29, 1.82) is 0 Å². The number of hydrogen-bond donors (Lipinski definition) is 0. The van der Waals surface area contributed by atoms with Crippen molar-refractivity contribution < 1.29 is 44.3 Å². The molecular weight excluding hydrogens is 535 g/mol. The van der Waals surface area contributed by atoms with Crippen molar-refractivity contribution in [3.8, 4) is 0 Å². The lowest BCUT2D eigenvalue weighted by Crippen LogP contribution is -2.68. The molecule has 0 spiro atoms. The van der Waals surface area contributed by atoms with Gasteiger partial charge in [0.05, 0.1) is 6.61 Å². The second kappa shape index (κ2) is 7.34. The monoisotopic (exact) mass is 540 g/mol. The number of ether oxygens (including phenoxy) is 1. The summed E-state index contributed by atoms with van der Waals surface area (Å²) in [4.78, 5) is 0. The van der Waals surface area contributed by atoms with Crippen molar-refractivity contribution in [2.24, 2.45) is 5.41 Å². The molecule has 0 saturated heterocycles. The molecule has 0 fully saturated rings. The molecule has 0 saturated carbocycles. The first-order valence-corrected chi connectivity index (χ1v) is 8.52. The van der Waals surface area contributed by atoms with E-state index >= 15 is 0 Å². The first-order valence-electron chi connectivity index (χ1n) is 5.16. The van der Waals surface area contributed by atoms with Gasteiger partial charge in [-0.25, -0.2) is 0 Å². The summed E-state index contributed by atoms with van der Waals surface area (Å²) < 4.78 is 117. The van der Waals surface area contributed by atoms with Gasteiger partial charge in [0.2, 0.25) is 0 Å².